The lowest BCUT2D eigenvalue weighted by atomic mass is 9.96. The average Bonchev–Trinajstić information content (AvgIpc) is 3.16. The third-order valence-electron chi connectivity index (χ3n) is 3.91. The van der Waals surface area contributed by atoms with Crippen molar-refractivity contribution in [2.45, 2.75) is 57.9 Å². The van der Waals surface area contributed by atoms with Crippen LogP contribution in [0.1, 0.15) is 56.6 Å². The molecule has 19 heavy (non-hydrogen) atoms. The molecule has 1 aromatic rings. The number of hydrogen-bond acceptors (Lipinski definition) is 0. The van der Waals surface area contributed by atoms with Crippen LogP contribution in [0.3, 0.4) is 0 Å². The molecule has 0 amide bonds. The number of halogens is 2. The Bertz CT molecular complexity index is 441. The topological polar surface area (TPSA) is 23.8 Å². The van der Waals surface area contributed by atoms with Gasteiger partial charge in [0.05, 0.1) is 5.02 Å². The summed E-state index contributed by atoms with van der Waals surface area (Å²) in [6.07, 6.45) is 5.28. The van der Waals surface area contributed by atoms with Crippen molar-refractivity contribution in [3.05, 3.63) is 39.8 Å². The Morgan fingerprint density at radius 2 is 2.05 bits per heavy atom. The van der Waals surface area contributed by atoms with Gasteiger partial charge in [-0.15, -0.1) is 6.04 Å². The molecule has 1 fully saturated rings. The molecule has 3 heteroatoms. The van der Waals surface area contributed by atoms with Crippen molar-refractivity contribution in [3.8, 4) is 0 Å². The first-order chi connectivity index (χ1) is 8.99. The molecular formula is C16H22ClFN-. The molecule has 0 aliphatic heterocycles. The first kappa shape index (κ1) is 14.8. The Hall–Kier alpha value is -0.600. The second kappa shape index (κ2) is 6.23. The molecular weight excluding hydrogens is 261 g/mol. The summed E-state index contributed by atoms with van der Waals surface area (Å²) in [6.45, 7) is 3.96. The van der Waals surface area contributed by atoms with Crippen molar-refractivity contribution in [2.24, 2.45) is 5.92 Å². The van der Waals surface area contributed by atoms with Crippen LogP contribution in [0.5, 0.6) is 0 Å². The minimum absolute atomic E-state index is 0.0977. The molecule has 1 saturated carbocycles. The number of benzene rings is 1. The van der Waals surface area contributed by atoms with E-state index in [0.29, 0.717) is 11.5 Å². The number of rotatable bonds is 6. The van der Waals surface area contributed by atoms with Crippen molar-refractivity contribution in [2.75, 3.05) is 0 Å². The highest BCUT2D eigenvalue weighted by atomic mass is 35.5. The van der Waals surface area contributed by atoms with E-state index in [4.69, 9.17) is 17.3 Å². The molecule has 1 N–H and O–H groups in total. The molecule has 0 heterocycles. The molecule has 1 aliphatic rings. The van der Waals surface area contributed by atoms with Crippen molar-refractivity contribution in [1.29, 1.82) is 0 Å². The van der Waals surface area contributed by atoms with E-state index < -0.39 is 0 Å². The Balaban J connectivity index is 1.95. The van der Waals surface area contributed by atoms with Gasteiger partial charge in [0, 0.05) is 0 Å². The van der Waals surface area contributed by atoms with Gasteiger partial charge in [-0.1, -0.05) is 63.1 Å². The number of hydrogen-bond donors (Lipinski definition) is 0. The number of nitrogens with one attached hydrogen (secondary N) is 1. The van der Waals surface area contributed by atoms with Gasteiger partial charge in [-0.05, 0) is 29.5 Å². The zero-order chi connectivity index (χ0) is 14.0. The predicted molar refractivity (Wildman–Crippen MR) is 79.3 cm³/mol. The molecule has 106 valence electrons. The van der Waals surface area contributed by atoms with Gasteiger partial charge in [0.15, 0.2) is 0 Å². The summed E-state index contributed by atoms with van der Waals surface area (Å²) in [5.41, 5.74) is 9.75. The van der Waals surface area contributed by atoms with Crippen LogP contribution in [0.2, 0.25) is 5.02 Å². The van der Waals surface area contributed by atoms with Crippen LogP contribution in [0.25, 0.3) is 5.73 Å². The Morgan fingerprint density at radius 1 is 1.37 bits per heavy atom. The van der Waals surface area contributed by atoms with Gasteiger partial charge in [0.1, 0.15) is 5.82 Å². The highest BCUT2D eigenvalue weighted by molar-refractivity contribution is 6.30. The molecule has 1 atom stereocenters. The lowest BCUT2D eigenvalue weighted by Crippen LogP contribution is -2.04. The Kier molecular flexibility index (Phi) is 4.86. The van der Waals surface area contributed by atoms with Crippen LogP contribution in [-0.4, -0.2) is 6.04 Å². The molecule has 0 unspecified atom stereocenters. The van der Waals surface area contributed by atoms with E-state index >= 15 is 0 Å². The Labute approximate surface area is 120 Å². The van der Waals surface area contributed by atoms with Crippen molar-refractivity contribution in [3.63, 3.8) is 0 Å². The minimum atomic E-state index is -0.281. The van der Waals surface area contributed by atoms with Crippen LogP contribution in [0.4, 0.5) is 4.39 Å². The van der Waals surface area contributed by atoms with E-state index in [1.807, 2.05) is 19.9 Å². The van der Waals surface area contributed by atoms with Gasteiger partial charge in [-0.25, -0.2) is 4.39 Å². The maximum Gasteiger partial charge on any atom is 0.145 e. The lowest BCUT2D eigenvalue weighted by Gasteiger charge is -2.19. The second-order valence-corrected chi connectivity index (χ2v) is 6.38. The summed E-state index contributed by atoms with van der Waals surface area (Å²) in [6, 6.07) is 3.77. The van der Waals surface area contributed by atoms with Crippen LogP contribution >= 0.6 is 11.6 Å². The standard InChI is InChI=1S/C16H22ClFN/c1-10(2)13-8-11(9-14(17)16(13)18)4-3-5-15(19)12-6-7-12/h8-10,12,15,19H,3-7H2,1-2H3/q-1/t15-/m1/s1. The Morgan fingerprint density at radius 3 is 2.63 bits per heavy atom. The monoisotopic (exact) mass is 282 g/mol. The molecule has 0 aromatic heterocycles. The fourth-order valence-corrected chi connectivity index (χ4v) is 2.74. The van der Waals surface area contributed by atoms with Gasteiger partial charge in [-0.3, -0.25) is 0 Å². The zero-order valence-corrected chi connectivity index (χ0v) is 12.4. The van der Waals surface area contributed by atoms with Crippen LogP contribution in [0, 0.1) is 11.7 Å². The second-order valence-electron chi connectivity index (χ2n) is 5.97. The van der Waals surface area contributed by atoms with Crippen molar-refractivity contribution < 1.29 is 4.39 Å². The highest BCUT2D eigenvalue weighted by Crippen LogP contribution is 2.36. The molecule has 1 aliphatic carbocycles. The quantitative estimate of drug-likeness (QED) is 0.634. The smallest absolute Gasteiger partial charge is 0.145 e. The predicted octanol–water partition coefficient (Wildman–Crippen LogP) is 5.76. The van der Waals surface area contributed by atoms with Gasteiger partial charge < -0.3 is 5.73 Å². The van der Waals surface area contributed by atoms with Crippen LogP contribution < -0.4 is 0 Å². The maximum absolute atomic E-state index is 13.8. The van der Waals surface area contributed by atoms with Crippen molar-refractivity contribution in [1.82, 2.24) is 0 Å². The average molecular weight is 283 g/mol. The summed E-state index contributed by atoms with van der Waals surface area (Å²) in [5, 5.41) is 0.228. The first-order valence-corrected chi connectivity index (χ1v) is 7.55. The largest absolute Gasteiger partial charge is 0.674 e. The first-order valence-electron chi connectivity index (χ1n) is 7.18. The van der Waals surface area contributed by atoms with E-state index in [9.17, 15) is 4.39 Å². The molecule has 0 bridgehead atoms. The van der Waals surface area contributed by atoms with Crippen LogP contribution in [0.15, 0.2) is 12.1 Å². The summed E-state index contributed by atoms with van der Waals surface area (Å²) in [5.74, 6) is 0.507. The fraction of sp³-hybridized carbons (Fsp3) is 0.625. The van der Waals surface area contributed by atoms with E-state index in [1.165, 1.54) is 12.8 Å². The van der Waals surface area contributed by atoms with Gasteiger partial charge in [0.2, 0.25) is 0 Å². The van der Waals surface area contributed by atoms with E-state index in [-0.39, 0.29) is 22.8 Å². The third-order valence-corrected chi connectivity index (χ3v) is 4.18. The van der Waals surface area contributed by atoms with Crippen molar-refractivity contribution >= 4 is 11.6 Å². The fourth-order valence-electron chi connectivity index (χ4n) is 2.49. The molecule has 1 nitrogen and oxygen atoms in total. The van der Waals surface area contributed by atoms with E-state index in [0.717, 1.165) is 24.8 Å². The lowest BCUT2D eigenvalue weighted by molar-refractivity contribution is 0.586. The summed E-state index contributed by atoms with van der Waals surface area (Å²) < 4.78 is 13.8. The molecule has 1 aromatic carbocycles. The van der Waals surface area contributed by atoms with Gasteiger partial charge >= 0.3 is 0 Å². The number of aryl methyl sites for hydroxylation is 1. The summed E-state index contributed by atoms with van der Waals surface area (Å²) >= 11 is 5.95. The minimum Gasteiger partial charge on any atom is -0.674 e. The maximum atomic E-state index is 13.8. The van der Waals surface area contributed by atoms with Gasteiger partial charge in [-0.2, -0.15) is 0 Å². The van der Waals surface area contributed by atoms with Crippen LogP contribution in [-0.2, 0) is 6.42 Å². The zero-order valence-electron chi connectivity index (χ0n) is 11.7. The SMILES string of the molecule is CC(C)c1cc(CCC[C@@H]([NH-])C2CC2)cc(Cl)c1F. The van der Waals surface area contributed by atoms with E-state index in [2.05, 4.69) is 0 Å². The normalized spacial score (nSPS) is 16.9. The van der Waals surface area contributed by atoms with Gasteiger partial charge in [0.25, 0.3) is 0 Å². The van der Waals surface area contributed by atoms with E-state index in [1.54, 1.807) is 6.07 Å². The molecule has 0 spiro atoms. The molecule has 0 saturated heterocycles. The summed E-state index contributed by atoms with van der Waals surface area (Å²) in [4.78, 5) is 0. The molecule has 0 radical (unpaired) electrons. The third kappa shape index (κ3) is 3.93. The molecule has 2 rings (SSSR count). The highest BCUT2D eigenvalue weighted by Gasteiger charge is 2.23. The summed E-state index contributed by atoms with van der Waals surface area (Å²) in [7, 11) is 0.